The van der Waals surface area contributed by atoms with Crippen molar-refractivity contribution in [3.05, 3.63) is 90.0 Å². The van der Waals surface area contributed by atoms with Gasteiger partial charge in [-0.2, -0.15) is 5.10 Å². The molecule has 0 heterocycles. The van der Waals surface area contributed by atoms with Crippen molar-refractivity contribution >= 4 is 29.6 Å². The lowest BCUT2D eigenvalue weighted by atomic mass is 10.2. The molecule has 0 unspecified atom stereocenters. The molecule has 9 nitrogen and oxygen atoms in total. The van der Waals surface area contributed by atoms with Crippen molar-refractivity contribution in [3.8, 4) is 11.5 Å². The van der Waals surface area contributed by atoms with Crippen molar-refractivity contribution in [3.63, 3.8) is 0 Å². The highest BCUT2D eigenvalue weighted by molar-refractivity contribution is 6.35. The Bertz CT molecular complexity index is 1130. The fraction of sp³-hybridized carbons (Fsp3) is 0.120. The first-order valence-corrected chi connectivity index (χ1v) is 10.4. The van der Waals surface area contributed by atoms with Gasteiger partial charge in [-0.25, -0.2) is 5.43 Å². The maximum atomic E-state index is 12.0. The molecule has 3 aromatic rings. The minimum Gasteiger partial charge on any atom is -0.497 e. The van der Waals surface area contributed by atoms with E-state index in [9.17, 15) is 14.4 Å². The Morgan fingerprint density at radius 3 is 2.21 bits per heavy atom. The van der Waals surface area contributed by atoms with E-state index in [0.29, 0.717) is 22.7 Å². The third kappa shape index (κ3) is 7.79. The zero-order valence-electron chi connectivity index (χ0n) is 18.5. The Labute approximate surface area is 196 Å². The van der Waals surface area contributed by atoms with E-state index >= 15 is 0 Å². The van der Waals surface area contributed by atoms with Crippen LogP contribution in [0.5, 0.6) is 11.5 Å². The number of carbonyl (C=O) groups excluding carboxylic acids is 3. The van der Waals surface area contributed by atoms with E-state index in [0.717, 1.165) is 5.56 Å². The van der Waals surface area contributed by atoms with Crippen molar-refractivity contribution < 1.29 is 23.9 Å². The van der Waals surface area contributed by atoms with E-state index in [1.54, 1.807) is 55.6 Å². The average Bonchev–Trinajstić information content (AvgIpc) is 2.87. The largest absolute Gasteiger partial charge is 0.497 e. The van der Waals surface area contributed by atoms with Crippen LogP contribution in [0.25, 0.3) is 0 Å². The minimum absolute atomic E-state index is 0.159. The zero-order chi connectivity index (χ0) is 24.2. The quantitative estimate of drug-likeness (QED) is 0.258. The monoisotopic (exact) mass is 460 g/mol. The van der Waals surface area contributed by atoms with E-state index in [2.05, 4.69) is 21.2 Å². The number of hydrogen-bond donors (Lipinski definition) is 3. The van der Waals surface area contributed by atoms with Crippen LogP contribution in [-0.2, 0) is 20.9 Å². The highest BCUT2D eigenvalue weighted by atomic mass is 16.5. The normalized spacial score (nSPS) is 10.4. The third-order valence-electron chi connectivity index (χ3n) is 4.51. The van der Waals surface area contributed by atoms with Gasteiger partial charge in [0.1, 0.15) is 11.5 Å². The molecule has 0 bridgehead atoms. The first-order valence-electron chi connectivity index (χ1n) is 10.4. The maximum Gasteiger partial charge on any atom is 0.329 e. The summed E-state index contributed by atoms with van der Waals surface area (Å²) in [6.07, 6.45) is 1.39. The number of ether oxygens (including phenoxy) is 2. The molecule has 0 aliphatic carbocycles. The molecule has 0 saturated heterocycles. The number of nitrogens with zero attached hydrogens (tertiary/aromatic N) is 1. The van der Waals surface area contributed by atoms with Gasteiger partial charge in [-0.15, -0.1) is 0 Å². The molecule has 3 N–H and O–H groups in total. The molecule has 0 aliphatic heterocycles. The van der Waals surface area contributed by atoms with Gasteiger partial charge < -0.3 is 20.1 Å². The van der Waals surface area contributed by atoms with Crippen LogP contribution >= 0.6 is 0 Å². The Kier molecular flexibility index (Phi) is 8.75. The van der Waals surface area contributed by atoms with E-state index < -0.39 is 11.8 Å². The van der Waals surface area contributed by atoms with Gasteiger partial charge in [-0.05, 0) is 59.7 Å². The lowest BCUT2D eigenvalue weighted by Gasteiger charge is -2.08. The Morgan fingerprint density at radius 2 is 1.53 bits per heavy atom. The summed E-state index contributed by atoms with van der Waals surface area (Å²) in [4.78, 5) is 35.7. The SMILES string of the molecule is COc1ccc(NC(=O)COc2ccc(/C=N\NC(=O)C(=O)NCc3ccccc3)cc2)cc1. The van der Waals surface area contributed by atoms with Gasteiger partial charge in [0, 0.05) is 12.2 Å². The fourth-order valence-electron chi connectivity index (χ4n) is 2.75. The Balaban J connectivity index is 1.39. The summed E-state index contributed by atoms with van der Waals surface area (Å²) in [6.45, 7) is 0.0873. The van der Waals surface area contributed by atoms with Crippen LogP contribution < -0.4 is 25.5 Å². The summed E-state index contributed by atoms with van der Waals surface area (Å²) >= 11 is 0. The van der Waals surface area contributed by atoms with Crippen molar-refractivity contribution in [1.29, 1.82) is 0 Å². The number of methoxy groups -OCH3 is 1. The number of hydrogen-bond acceptors (Lipinski definition) is 6. The summed E-state index contributed by atoms with van der Waals surface area (Å²) in [7, 11) is 1.57. The van der Waals surface area contributed by atoms with Gasteiger partial charge in [0.15, 0.2) is 6.61 Å². The molecule has 3 amide bonds. The smallest absolute Gasteiger partial charge is 0.329 e. The van der Waals surface area contributed by atoms with Gasteiger partial charge >= 0.3 is 11.8 Å². The molecule has 3 aromatic carbocycles. The molecular weight excluding hydrogens is 436 g/mol. The molecule has 0 saturated carbocycles. The maximum absolute atomic E-state index is 12.0. The molecule has 3 rings (SSSR count). The summed E-state index contributed by atoms with van der Waals surface area (Å²) < 4.78 is 10.5. The molecule has 0 aromatic heterocycles. The van der Waals surface area contributed by atoms with E-state index in [1.165, 1.54) is 6.21 Å². The van der Waals surface area contributed by atoms with Gasteiger partial charge in [-0.1, -0.05) is 30.3 Å². The molecular formula is C25H24N4O5. The van der Waals surface area contributed by atoms with Crippen LogP contribution in [0.1, 0.15) is 11.1 Å². The highest BCUT2D eigenvalue weighted by Crippen LogP contribution is 2.15. The zero-order valence-corrected chi connectivity index (χ0v) is 18.5. The standard InChI is InChI=1S/C25H24N4O5/c1-33-21-13-9-20(10-14-21)28-23(30)17-34-22-11-7-19(8-12-22)16-27-29-25(32)24(31)26-15-18-5-3-2-4-6-18/h2-14,16H,15,17H2,1H3,(H,26,31)(H,28,30)(H,29,32)/b27-16-. The fourth-order valence-corrected chi connectivity index (χ4v) is 2.75. The first-order chi connectivity index (χ1) is 16.5. The van der Waals surface area contributed by atoms with Gasteiger partial charge in [0.2, 0.25) is 0 Å². The molecule has 0 spiro atoms. The third-order valence-corrected chi connectivity index (χ3v) is 4.51. The van der Waals surface area contributed by atoms with Crippen LogP contribution in [0.2, 0.25) is 0 Å². The van der Waals surface area contributed by atoms with Crippen LogP contribution in [0.4, 0.5) is 5.69 Å². The second-order valence-corrected chi connectivity index (χ2v) is 7.00. The molecule has 174 valence electrons. The number of anilines is 1. The van der Waals surface area contributed by atoms with Crippen molar-refractivity contribution in [2.75, 3.05) is 19.0 Å². The van der Waals surface area contributed by atoms with E-state index in [-0.39, 0.29) is 19.1 Å². The van der Waals surface area contributed by atoms with E-state index in [4.69, 9.17) is 9.47 Å². The molecule has 0 fully saturated rings. The van der Waals surface area contributed by atoms with Crippen LogP contribution in [-0.4, -0.2) is 37.7 Å². The topological polar surface area (TPSA) is 118 Å². The molecule has 0 atom stereocenters. The number of carbonyl (C=O) groups is 3. The van der Waals surface area contributed by atoms with Gasteiger partial charge in [0.05, 0.1) is 13.3 Å². The number of benzene rings is 3. The summed E-state index contributed by atoms with van der Waals surface area (Å²) in [5.41, 5.74) is 4.36. The number of amides is 3. The lowest BCUT2D eigenvalue weighted by Crippen LogP contribution is -2.37. The summed E-state index contributed by atoms with van der Waals surface area (Å²) in [6, 6.07) is 22.9. The second-order valence-electron chi connectivity index (χ2n) is 7.00. The summed E-state index contributed by atoms with van der Waals surface area (Å²) in [5.74, 6) is -0.758. The molecule has 9 heteroatoms. The predicted molar refractivity (Wildman–Crippen MR) is 128 cm³/mol. The van der Waals surface area contributed by atoms with Crippen molar-refractivity contribution in [1.82, 2.24) is 10.7 Å². The number of rotatable bonds is 9. The van der Waals surface area contributed by atoms with Crippen LogP contribution in [0.3, 0.4) is 0 Å². The minimum atomic E-state index is -0.866. The Morgan fingerprint density at radius 1 is 0.853 bits per heavy atom. The lowest BCUT2D eigenvalue weighted by molar-refractivity contribution is -0.139. The number of hydrazone groups is 1. The van der Waals surface area contributed by atoms with Crippen molar-refractivity contribution in [2.45, 2.75) is 6.54 Å². The summed E-state index contributed by atoms with van der Waals surface area (Å²) in [5, 5.41) is 9.03. The van der Waals surface area contributed by atoms with Gasteiger partial charge in [0.25, 0.3) is 5.91 Å². The average molecular weight is 460 g/mol. The molecule has 0 aliphatic rings. The van der Waals surface area contributed by atoms with Gasteiger partial charge in [-0.3, -0.25) is 14.4 Å². The Hall–Kier alpha value is -4.66. The second kappa shape index (κ2) is 12.4. The van der Waals surface area contributed by atoms with Crippen LogP contribution in [0, 0.1) is 0 Å². The highest BCUT2D eigenvalue weighted by Gasteiger charge is 2.11. The first kappa shape index (κ1) is 24.0. The number of nitrogens with one attached hydrogen (secondary N) is 3. The van der Waals surface area contributed by atoms with E-state index in [1.807, 2.05) is 30.3 Å². The van der Waals surface area contributed by atoms with Crippen LogP contribution in [0.15, 0.2) is 84.0 Å². The molecule has 34 heavy (non-hydrogen) atoms. The molecule has 0 radical (unpaired) electrons. The predicted octanol–water partition coefficient (Wildman–Crippen LogP) is 2.48. The van der Waals surface area contributed by atoms with Crippen molar-refractivity contribution in [2.24, 2.45) is 5.10 Å².